The van der Waals surface area contributed by atoms with Gasteiger partial charge in [0.25, 0.3) is 0 Å². The van der Waals surface area contributed by atoms with Crippen molar-refractivity contribution in [1.29, 1.82) is 0 Å². The van der Waals surface area contributed by atoms with Gasteiger partial charge in [0.2, 0.25) is 11.8 Å². The molecular formula is C12H21N3O2. The summed E-state index contributed by atoms with van der Waals surface area (Å²) >= 11 is 0. The molecule has 1 fully saturated rings. The van der Waals surface area contributed by atoms with E-state index in [0.717, 1.165) is 50.7 Å². The van der Waals surface area contributed by atoms with Crippen LogP contribution in [-0.2, 0) is 11.2 Å². The fraction of sp³-hybridized carbons (Fsp3) is 0.833. The molecule has 0 amide bonds. The van der Waals surface area contributed by atoms with E-state index in [2.05, 4.69) is 29.4 Å². The molecule has 0 radical (unpaired) electrons. The second-order valence-corrected chi connectivity index (χ2v) is 4.46. The third-order valence-electron chi connectivity index (χ3n) is 3.17. The van der Waals surface area contributed by atoms with Crippen LogP contribution in [0.15, 0.2) is 4.42 Å². The molecule has 2 atom stereocenters. The predicted molar refractivity (Wildman–Crippen MR) is 63.9 cm³/mol. The van der Waals surface area contributed by atoms with Crippen molar-refractivity contribution >= 4 is 0 Å². The van der Waals surface area contributed by atoms with Crippen LogP contribution in [0.2, 0.25) is 0 Å². The Bertz CT molecular complexity index is 340. The highest BCUT2D eigenvalue weighted by atomic mass is 16.5. The van der Waals surface area contributed by atoms with E-state index in [1.165, 1.54) is 0 Å². The summed E-state index contributed by atoms with van der Waals surface area (Å²) < 4.78 is 11.2. The molecule has 1 aliphatic heterocycles. The highest BCUT2D eigenvalue weighted by molar-refractivity contribution is 4.97. The highest BCUT2D eigenvalue weighted by Gasteiger charge is 2.30. The fourth-order valence-electron chi connectivity index (χ4n) is 2.11. The van der Waals surface area contributed by atoms with Crippen molar-refractivity contribution < 1.29 is 9.15 Å². The monoisotopic (exact) mass is 239 g/mol. The molecule has 2 heterocycles. The van der Waals surface area contributed by atoms with Crippen molar-refractivity contribution in [2.24, 2.45) is 0 Å². The number of aromatic nitrogens is 2. The van der Waals surface area contributed by atoms with Gasteiger partial charge in [-0.25, -0.2) is 0 Å². The Balaban J connectivity index is 1.83. The fourth-order valence-corrected chi connectivity index (χ4v) is 2.11. The van der Waals surface area contributed by atoms with Crippen molar-refractivity contribution in [3.63, 3.8) is 0 Å². The Morgan fingerprint density at radius 3 is 3.00 bits per heavy atom. The second-order valence-electron chi connectivity index (χ2n) is 4.46. The van der Waals surface area contributed by atoms with Crippen molar-refractivity contribution in [3.8, 4) is 0 Å². The average molecular weight is 239 g/mol. The summed E-state index contributed by atoms with van der Waals surface area (Å²) in [6, 6.07) is 0. The van der Waals surface area contributed by atoms with E-state index in [1.807, 2.05) is 0 Å². The first-order chi connectivity index (χ1) is 8.31. The molecule has 1 aliphatic rings. The quantitative estimate of drug-likeness (QED) is 0.762. The van der Waals surface area contributed by atoms with Crippen LogP contribution in [0.1, 0.15) is 44.4 Å². The summed E-state index contributed by atoms with van der Waals surface area (Å²) in [6.07, 6.45) is 3.07. The van der Waals surface area contributed by atoms with Gasteiger partial charge in [-0.1, -0.05) is 6.92 Å². The smallest absolute Gasteiger partial charge is 0.222 e. The number of ether oxygens (including phenoxy) is 1. The summed E-state index contributed by atoms with van der Waals surface area (Å²) in [6.45, 7) is 6.96. The molecular weight excluding hydrogens is 218 g/mol. The van der Waals surface area contributed by atoms with E-state index >= 15 is 0 Å². The zero-order valence-electron chi connectivity index (χ0n) is 10.6. The van der Waals surface area contributed by atoms with Crippen LogP contribution < -0.4 is 5.32 Å². The molecule has 96 valence electrons. The molecule has 0 bridgehead atoms. The molecule has 2 unspecified atom stereocenters. The van der Waals surface area contributed by atoms with Gasteiger partial charge in [0.1, 0.15) is 0 Å². The van der Waals surface area contributed by atoms with Gasteiger partial charge in [-0.3, -0.25) is 0 Å². The number of nitrogens with zero attached hydrogens (tertiary/aromatic N) is 2. The van der Waals surface area contributed by atoms with Gasteiger partial charge in [0.05, 0.1) is 12.0 Å². The Labute approximate surface area is 102 Å². The van der Waals surface area contributed by atoms with E-state index in [4.69, 9.17) is 9.15 Å². The standard InChI is InChI=1S/C12H21N3O2/c1-3-13-7-4-5-11-14-15-12(17-11)10-6-8-16-9(10)2/h9-10,13H,3-8H2,1-2H3. The van der Waals surface area contributed by atoms with E-state index in [1.54, 1.807) is 0 Å². The van der Waals surface area contributed by atoms with Gasteiger partial charge in [-0.2, -0.15) is 0 Å². The Morgan fingerprint density at radius 2 is 2.29 bits per heavy atom. The molecule has 2 rings (SSSR count). The molecule has 0 aromatic carbocycles. The van der Waals surface area contributed by atoms with Crippen molar-refractivity contribution in [2.75, 3.05) is 19.7 Å². The van der Waals surface area contributed by atoms with Gasteiger partial charge >= 0.3 is 0 Å². The van der Waals surface area contributed by atoms with Crippen molar-refractivity contribution in [1.82, 2.24) is 15.5 Å². The topological polar surface area (TPSA) is 60.2 Å². The molecule has 0 saturated carbocycles. The van der Waals surface area contributed by atoms with Gasteiger partial charge in [0.15, 0.2) is 0 Å². The Morgan fingerprint density at radius 1 is 1.41 bits per heavy atom. The molecule has 1 aromatic rings. The van der Waals surface area contributed by atoms with E-state index < -0.39 is 0 Å². The number of hydrogen-bond acceptors (Lipinski definition) is 5. The SMILES string of the molecule is CCNCCCc1nnc(C2CCOC2C)o1. The van der Waals surface area contributed by atoms with Gasteiger partial charge in [-0.05, 0) is 32.9 Å². The number of nitrogens with one attached hydrogen (secondary N) is 1. The van der Waals surface area contributed by atoms with Crippen LogP contribution in [0.5, 0.6) is 0 Å². The van der Waals surface area contributed by atoms with Crippen LogP contribution in [-0.4, -0.2) is 36.0 Å². The largest absolute Gasteiger partial charge is 0.425 e. The van der Waals surface area contributed by atoms with Crippen molar-refractivity contribution in [3.05, 3.63) is 11.8 Å². The van der Waals surface area contributed by atoms with E-state index in [0.29, 0.717) is 0 Å². The normalized spacial score (nSPS) is 24.4. The number of aryl methyl sites for hydroxylation is 1. The average Bonchev–Trinajstić information content (AvgIpc) is 2.93. The van der Waals surface area contributed by atoms with Crippen LogP contribution in [0.4, 0.5) is 0 Å². The molecule has 0 aliphatic carbocycles. The third-order valence-corrected chi connectivity index (χ3v) is 3.17. The van der Waals surface area contributed by atoms with Gasteiger partial charge < -0.3 is 14.5 Å². The first-order valence-electron chi connectivity index (χ1n) is 6.46. The predicted octanol–water partition coefficient (Wildman–Crippen LogP) is 1.50. The Hall–Kier alpha value is -0.940. The zero-order chi connectivity index (χ0) is 12.1. The second kappa shape index (κ2) is 6.12. The summed E-state index contributed by atoms with van der Waals surface area (Å²) in [5.41, 5.74) is 0. The number of hydrogen-bond donors (Lipinski definition) is 1. The lowest BCUT2D eigenvalue weighted by Crippen LogP contribution is -2.14. The molecule has 17 heavy (non-hydrogen) atoms. The molecule has 5 nitrogen and oxygen atoms in total. The lowest BCUT2D eigenvalue weighted by molar-refractivity contribution is 0.114. The third kappa shape index (κ3) is 3.26. The maximum absolute atomic E-state index is 5.69. The molecule has 5 heteroatoms. The summed E-state index contributed by atoms with van der Waals surface area (Å²) in [7, 11) is 0. The van der Waals surface area contributed by atoms with Crippen LogP contribution in [0.25, 0.3) is 0 Å². The van der Waals surface area contributed by atoms with E-state index in [9.17, 15) is 0 Å². The van der Waals surface area contributed by atoms with Gasteiger partial charge in [-0.15, -0.1) is 10.2 Å². The summed E-state index contributed by atoms with van der Waals surface area (Å²) in [5, 5.41) is 11.5. The minimum atomic E-state index is 0.199. The zero-order valence-corrected chi connectivity index (χ0v) is 10.6. The molecule has 0 spiro atoms. The van der Waals surface area contributed by atoms with Crippen LogP contribution in [0.3, 0.4) is 0 Å². The minimum absolute atomic E-state index is 0.199. The summed E-state index contributed by atoms with van der Waals surface area (Å²) in [5.74, 6) is 1.77. The Kier molecular flexibility index (Phi) is 4.50. The van der Waals surface area contributed by atoms with Crippen LogP contribution >= 0.6 is 0 Å². The van der Waals surface area contributed by atoms with E-state index in [-0.39, 0.29) is 12.0 Å². The van der Waals surface area contributed by atoms with Crippen LogP contribution in [0, 0.1) is 0 Å². The highest BCUT2D eigenvalue weighted by Crippen LogP contribution is 2.29. The maximum atomic E-state index is 5.69. The molecule has 1 N–H and O–H groups in total. The lowest BCUT2D eigenvalue weighted by atomic mass is 10.0. The number of rotatable bonds is 6. The molecule has 1 aromatic heterocycles. The maximum Gasteiger partial charge on any atom is 0.222 e. The van der Waals surface area contributed by atoms with Gasteiger partial charge in [0, 0.05) is 13.0 Å². The minimum Gasteiger partial charge on any atom is -0.425 e. The first-order valence-corrected chi connectivity index (χ1v) is 6.46. The first kappa shape index (κ1) is 12.5. The van der Waals surface area contributed by atoms with Crippen molar-refractivity contribution in [2.45, 2.75) is 45.1 Å². The molecule has 1 saturated heterocycles. The lowest BCUT2D eigenvalue weighted by Gasteiger charge is -2.08. The summed E-state index contributed by atoms with van der Waals surface area (Å²) in [4.78, 5) is 0.